The largest absolute Gasteiger partial charge is 0.391 e. The fraction of sp³-hybridized carbons (Fsp3) is 0.750. The van der Waals surface area contributed by atoms with Gasteiger partial charge in [-0.15, -0.1) is 0 Å². The first-order chi connectivity index (χ1) is 8.96. The van der Waals surface area contributed by atoms with E-state index < -0.39 is 9.84 Å². The van der Waals surface area contributed by atoms with Gasteiger partial charge in [0.1, 0.15) is 0 Å². The van der Waals surface area contributed by atoms with Gasteiger partial charge in [0, 0.05) is 12.6 Å². The third kappa shape index (κ3) is 3.27. The molecule has 0 saturated carbocycles. The Balaban J connectivity index is 2.22. The molecule has 7 heteroatoms. The molecule has 2 rings (SSSR count). The van der Waals surface area contributed by atoms with Crippen molar-refractivity contribution < 1.29 is 13.5 Å². The van der Waals surface area contributed by atoms with Crippen LogP contribution in [0.15, 0.2) is 0 Å². The number of rotatable bonds is 4. The Morgan fingerprint density at radius 3 is 2.84 bits per heavy atom. The van der Waals surface area contributed by atoms with Crippen molar-refractivity contribution in [1.82, 2.24) is 4.98 Å². The van der Waals surface area contributed by atoms with Crippen LogP contribution >= 0.6 is 11.3 Å². The van der Waals surface area contributed by atoms with Crippen molar-refractivity contribution in [2.75, 3.05) is 23.0 Å². The van der Waals surface area contributed by atoms with Gasteiger partial charge in [-0.3, -0.25) is 0 Å². The van der Waals surface area contributed by atoms with E-state index in [1.54, 1.807) is 0 Å². The second-order valence-corrected chi connectivity index (χ2v) is 8.22. The Morgan fingerprint density at radius 1 is 1.53 bits per heavy atom. The van der Waals surface area contributed by atoms with Crippen LogP contribution in [0.4, 0.5) is 5.13 Å². The maximum absolute atomic E-state index is 11.6. The number of sulfone groups is 1. The zero-order chi connectivity index (χ0) is 14.0. The van der Waals surface area contributed by atoms with E-state index in [0.29, 0.717) is 6.54 Å². The van der Waals surface area contributed by atoms with Crippen molar-refractivity contribution >= 4 is 26.3 Å². The predicted octanol–water partition coefficient (Wildman–Crippen LogP) is 1.21. The molecule has 0 spiro atoms. The number of aryl methyl sites for hydroxylation is 1. The molecular formula is C12H20N2O3S2. The van der Waals surface area contributed by atoms with Crippen LogP contribution < -0.4 is 4.90 Å². The average molecular weight is 304 g/mol. The van der Waals surface area contributed by atoms with Crippen LogP contribution in [-0.4, -0.2) is 42.6 Å². The van der Waals surface area contributed by atoms with E-state index in [-0.39, 0.29) is 24.2 Å². The van der Waals surface area contributed by atoms with Gasteiger partial charge in [0.15, 0.2) is 15.0 Å². The Labute approximate surface area is 118 Å². The summed E-state index contributed by atoms with van der Waals surface area (Å²) in [7, 11) is -2.91. The third-order valence-corrected chi connectivity index (χ3v) is 6.23. The lowest BCUT2D eigenvalue weighted by molar-refractivity contribution is 0.284. The van der Waals surface area contributed by atoms with E-state index in [4.69, 9.17) is 0 Å². The summed E-state index contributed by atoms with van der Waals surface area (Å²) in [5.41, 5.74) is 0.950. The molecule has 1 fully saturated rings. The number of aliphatic hydroxyl groups is 1. The second-order valence-electron chi connectivity index (χ2n) is 4.93. The van der Waals surface area contributed by atoms with Crippen LogP contribution in [0.3, 0.4) is 0 Å². The molecule has 5 nitrogen and oxygen atoms in total. The standard InChI is InChI=1S/C12H20N2O3S2/c1-3-4-10-11(7-15)18-12(13-10)14-5-6-19(16,17)8-9(14)2/h9,15H,3-8H2,1-2H3. The highest BCUT2D eigenvalue weighted by atomic mass is 32.2. The van der Waals surface area contributed by atoms with Crippen LogP contribution in [0.25, 0.3) is 0 Å². The predicted molar refractivity (Wildman–Crippen MR) is 77.5 cm³/mol. The van der Waals surface area contributed by atoms with Crippen LogP contribution in [0.1, 0.15) is 30.8 Å². The molecule has 1 N–H and O–H groups in total. The Kier molecular flexibility index (Phi) is 4.47. The van der Waals surface area contributed by atoms with E-state index in [9.17, 15) is 13.5 Å². The molecule has 0 amide bonds. The van der Waals surface area contributed by atoms with Crippen LogP contribution in [-0.2, 0) is 22.9 Å². The van der Waals surface area contributed by atoms with Gasteiger partial charge >= 0.3 is 0 Å². The third-order valence-electron chi connectivity index (χ3n) is 3.31. The van der Waals surface area contributed by atoms with Gasteiger partial charge < -0.3 is 10.0 Å². The first-order valence-corrected chi connectivity index (χ1v) is 9.17. The molecule has 108 valence electrons. The highest BCUT2D eigenvalue weighted by Gasteiger charge is 2.30. The van der Waals surface area contributed by atoms with Gasteiger partial charge in [0.25, 0.3) is 0 Å². The molecule has 1 atom stereocenters. The normalized spacial score (nSPS) is 22.7. The number of thiazole rings is 1. The van der Waals surface area contributed by atoms with Gasteiger partial charge in [-0.05, 0) is 13.3 Å². The fourth-order valence-corrected chi connectivity index (χ4v) is 4.98. The summed E-state index contributed by atoms with van der Waals surface area (Å²) in [5.74, 6) is 0.374. The van der Waals surface area contributed by atoms with Crippen LogP contribution in [0.2, 0.25) is 0 Å². The van der Waals surface area contributed by atoms with Crippen molar-refractivity contribution in [1.29, 1.82) is 0 Å². The van der Waals surface area contributed by atoms with E-state index in [2.05, 4.69) is 11.9 Å². The summed E-state index contributed by atoms with van der Waals surface area (Å²) in [5, 5.41) is 10.2. The molecule has 0 bridgehead atoms. The van der Waals surface area contributed by atoms with Crippen LogP contribution in [0, 0.1) is 0 Å². The Hall–Kier alpha value is -0.660. The molecular weight excluding hydrogens is 284 g/mol. The van der Waals surface area contributed by atoms with E-state index in [1.165, 1.54) is 11.3 Å². The van der Waals surface area contributed by atoms with Gasteiger partial charge in [-0.1, -0.05) is 24.7 Å². The second kappa shape index (κ2) is 5.76. The Bertz CT molecular complexity index is 539. The van der Waals surface area contributed by atoms with E-state index in [0.717, 1.165) is 28.5 Å². The number of nitrogens with zero attached hydrogens (tertiary/aromatic N) is 2. The molecule has 2 heterocycles. The van der Waals surface area contributed by atoms with Crippen molar-refractivity contribution in [2.24, 2.45) is 0 Å². The lowest BCUT2D eigenvalue weighted by Gasteiger charge is -2.32. The lowest BCUT2D eigenvalue weighted by Crippen LogP contribution is -2.47. The van der Waals surface area contributed by atoms with Crippen molar-refractivity contribution in [3.05, 3.63) is 10.6 Å². The maximum atomic E-state index is 11.6. The summed E-state index contributed by atoms with van der Waals surface area (Å²) in [4.78, 5) is 7.53. The monoisotopic (exact) mass is 304 g/mol. The number of hydrogen-bond acceptors (Lipinski definition) is 6. The first kappa shape index (κ1) is 14.7. The summed E-state index contributed by atoms with van der Waals surface area (Å²) in [6.45, 7) is 4.49. The van der Waals surface area contributed by atoms with E-state index in [1.807, 2.05) is 11.8 Å². The highest BCUT2D eigenvalue weighted by molar-refractivity contribution is 7.91. The SMILES string of the molecule is CCCc1nc(N2CCS(=O)(=O)CC2C)sc1CO. The minimum absolute atomic E-state index is 0.00746. The van der Waals surface area contributed by atoms with Gasteiger partial charge in [0.05, 0.1) is 28.7 Å². The lowest BCUT2D eigenvalue weighted by atomic mass is 10.2. The summed E-state index contributed by atoms with van der Waals surface area (Å²) >= 11 is 1.48. The molecule has 1 unspecified atom stereocenters. The molecule has 1 aliphatic rings. The zero-order valence-corrected chi connectivity index (χ0v) is 12.9. The first-order valence-electron chi connectivity index (χ1n) is 6.53. The maximum Gasteiger partial charge on any atom is 0.186 e. The number of anilines is 1. The fourth-order valence-electron chi connectivity index (χ4n) is 2.33. The van der Waals surface area contributed by atoms with Crippen molar-refractivity contribution in [3.63, 3.8) is 0 Å². The molecule has 1 aromatic rings. The number of aliphatic hydroxyl groups excluding tert-OH is 1. The van der Waals surface area contributed by atoms with Crippen molar-refractivity contribution in [3.8, 4) is 0 Å². The molecule has 1 saturated heterocycles. The minimum Gasteiger partial charge on any atom is -0.391 e. The molecule has 0 aliphatic carbocycles. The summed E-state index contributed by atoms with van der Waals surface area (Å²) < 4.78 is 23.2. The Morgan fingerprint density at radius 2 is 2.26 bits per heavy atom. The average Bonchev–Trinajstić information content (AvgIpc) is 2.71. The minimum atomic E-state index is -2.91. The quantitative estimate of drug-likeness (QED) is 0.905. The zero-order valence-electron chi connectivity index (χ0n) is 11.3. The van der Waals surface area contributed by atoms with E-state index >= 15 is 0 Å². The molecule has 1 aliphatic heterocycles. The van der Waals surface area contributed by atoms with Gasteiger partial charge in [0.2, 0.25) is 0 Å². The molecule has 19 heavy (non-hydrogen) atoms. The topological polar surface area (TPSA) is 70.5 Å². The van der Waals surface area contributed by atoms with Gasteiger partial charge in [-0.25, -0.2) is 13.4 Å². The van der Waals surface area contributed by atoms with Gasteiger partial charge in [-0.2, -0.15) is 0 Å². The molecule has 1 aromatic heterocycles. The molecule has 0 aromatic carbocycles. The van der Waals surface area contributed by atoms with Crippen molar-refractivity contribution in [2.45, 2.75) is 39.3 Å². The summed E-state index contributed by atoms with van der Waals surface area (Å²) in [6.07, 6.45) is 1.84. The number of aromatic nitrogens is 1. The summed E-state index contributed by atoms with van der Waals surface area (Å²) in [6, 6.07) is -0.0501. The number of hydrogen-bond donors (Lipinski definition) is 1. The van der Waals surface area contributed by atoms with Crippen LogP contribution in [0.5, 0.6) is 0 Å². The molecule has 0 radical (unpaired) electrons. The highest BCUT2D eigenvalue weighted by Crippen LogP contribution is 2.30. The smallest absolute Gasteiger partial charge is 0.186 e.